The van der Waals surface area contributed by atoms with Crippen molar-refractivity contribution in [3.8, 4) is 10.6 Å². The molecule has 0 saturated carbocycles. The normalized spacial score (nSPS) is 11.5. The Hall–Kier alpha value is -2.55. The lowest BCUT2D eigenvalue weighted by Gasteiger charge is -2.20. The molecule has 0 N–H and O–H groups in total. The minimum atomic E-state index is -3.74. The number of nitrogens with zero attached hydrogens (tertiary/aromatic N) is 3. The molecule has 4 aromatic rings. The molecule has 0 spiro atoms. The van der Waals surface area contributed by atoms with Crippen LogP contribution in [0.25, 0.3) is 10.6 Å². The van der Waals surface area contributed by atoms with Crippen LogP contribution in [0.4, 0.5) is 5.13 Å². The monoisotopic (exact) mass is 427 g/mol. The number of thiazole rings is 2. The molecule has 0 saturated heterocycles. The van der Waals surface area contributed by atoms with Crippen LogP contribution in [0.15, 0.2) is 76.4 Å². The van der Waals surface area contributed by atoms with Gasteiger partial charge in [-0.2, -0.15) is 0 Å². The molecule has 0 unspecified atom stereocenters. The average molecular weight is 428 g/mol. The molecule has 0 bridgehead atoms. The fraction of sp³-hybridized carbons (Fsp3) is 0.100. The van der Waals surface area contributed by atoms with Gasteiger partial charge in [-0.1, -0.05) is 48.0 Å². The van der Waals surface area contributed by atoms with Crippen molar-refractivity contribution in [3.05, 3.63) is 82.8 Å². The fourth-order valence-electron chi connectivity index (χ4n) is 2.67. The van der Waals surface area contributed by atoms with Gasteiger partial charge in [-0.05, 0) is 19.1 Å². The maximum atomic E-state index is 13.2. The number of sulfonamides is 1. The van der Waals surface area contributed by atoms with E-state index in [1.807, 2.05) is 36.6 Å². The van der Waals surface area contributed by atoms with Gasteiger partial charge < -0.3 is 0 Å². The van der Waals surface area contributed by atoms with Gasteiger partial charge in [0.2, 0.25) is 0 Å². The fourth-order valence-corrected chi connectivity index (χ4v) is 5.77. The summed E-state index contributed by atoms with van der Waals surface area (Å²) in [7, 11) is -3.74. The molecule has 0 atom stereocenters. The first-order valence-electron chi connectivity index (χ1n) is 8.53. The molecule has 0 aliphatic heterocycles. The Bertz CT molecular complexity index is 1150. The topological polar surface area (TPSA) is 63.2 Å². The zero-order valence-corrected chi connectivity index (χ0v) is 17.5. The summed E-state index contributed by atoms with van der Waals surface area (Å²) in [6.45, 7) is 2.17. The Morgan fingerprint density at radius 1 is 1.00 bits per heavy atom. The minimum absolute atomic E-state index is 0.132. The van der Waals surface area contributed by atoms with Crippen LogP contribution < -0.4 is 4.31 Å². The van der Waals surface area contributed by atoms with Crippen molar-refractivity contribution in [2.24, 2.45) is 0 Å². The van der Waals surface area contributed by atoms with Gasteiger partial charge in [0.25, 0.3) is 10.0 Å². The lowest BCUT2D eigenvalue weighted by Crippen LogP contribution is -2.30. The molecule has 2 aromatic carbocycles. The van der Waals surface area contributed by atoms with Crippen LogP contribution in [0.1, 0.15) is 11.3 Å². The summed E-state index contributed by atoms with van der Waals surface area (Å²) in [6, 6.07) is 16.5. The van der Waals surface area contributed by atoms with Gasteiger partial charge in [0.05, 0.1) is 17.1 Å². The van der Waals surface area contributed by atoms with E-state index in [4.69, 9.17) is 0 Å². The molecule has 0 amide bonds. The SMILES string of the molecule is Cc1ccc(-c2nc(CN(c3nccs3)S(=O)(=O)c3ccccc3)cs2)cc1. The highest BCUT2D eigenvalue weighted by Gasteiger charge is 2.27. The zero-order chi connectivity index (χ0) is 19.6. The lowest BCUT2D eigenvalue weighted by molar-refractivity contribution is 0.590. The molecule has 0 aliphatic carbocycles. The summed E-state index contributed by atoms with van der Waals surface area (Å²) in [5.74, 6) is 0. The van der Waals surface area contributed by atoms with Crippen LogP contribution in [-0.4, -0.2) is 18.4 Å². The number of benzene rings is 2. The minimum Gasteiger partial charge on any atom is -0.239 e. The number of hydrogen-bond acceptors (Lipinski definition) is 6. The van der Waals surface area contributed by atoms with Gasteiger partial charge in [0.15, 0.2) is 5.13 Å². The third-order valence-electron chi connectivity index (χ3n) is 4.12. The first-order valence-corrected chi connectivity index (χ1v) is 11.7. The van der Waals surface area contributed by atoms with Crippen LogP contribution in [0.5, 0.6) is 0 Å². The Morgan fingerprint density at radius 3 is 2.43 bits per heavy atom. The molecule has 0 aliphatic rings. The van der Waals surface area contributed by atoms with Crippen molar-refractivity contribution in [2.45, 2.75) is 18.4 Å². The molecule has 142 valence electrons. The molecule has 2 heterocycles. The first kappa shape index (κ1) is 18.8. The molecule has 4 rings (SSSR count). The predicted octanol–water partition coefficient (Wildman–Crippen LogP) is 4.97. The Morgan fingerprint density at radius 2 is 1.75 bits per heavy atom. The highest BCUT2D eigenvalue weighted by molar-refractivity contribution is 7.93. The molecule has 0 fully saturated rings. The molecule has 2 aromatic heterocycles. The van der Waals surface area contributed by atoms with E-state index >= 15 is 0 Å². The van der Waals surface area contributed by atoms with Gasteiger partial charge in [-0.15, -0.1) is 22.7 Å². The number of anilines is 1. The lowest BCUT2D eigenvalue weighted by atomic mass is 10.2. The van der Waals surface area contributed by atoms with Crippen LogP contribution in [0.2, 0.25) is 0 Å². The molecular weight excluding hydrogens is 410 g/mol. The van der Waals surface area contributed by atoms with E-state index in [1.165, 1.54) is 32.5 Å². The molecule has 8 heteroatoms. The van der Waals surface area contributed by atoms with E-state index in [0.717, 1.165) is 10.6 Å². The highest BCUT2D eigenvalue weighted by Crippen LogP contribution is 2.30. The third-order valence-corrected chi connectivity index (χ3v) is 7.72. The van der Waals surface area contributed by atoms with Crippen molar-refractivity contribution in [1.29, 1.82) is 0 Å². The Balaban J connectivity index is 1.67. The highest BCUT2D eigenvalue weighted by atomic mass is 32.2. The standard InChI is InChI=1S/C20H17N3O2S3/c1-15-7-9-16(10-8-15)19-22-17(14-27-19)13-23(20-21-11-12-26-20)28(24,25)18-5-3-2-4-6-18/h2-12,14H,13H2,1H3. The first-order chi connectivity index (χ1) is 13.5. The quantitative estimate of drug-likeness (QED) is 0.436. The Kier molecular flexibility index (Phi) is 5.25. The molecule has 5 nitrogen and oxygen atoms in total. The van der Waals surface area contributed by atoms with E-state index in [2.05, 4.69) is 9.97 Å². The summed E-state index contributed by atoms with van der Waals surface area (Å²) in [4.78, 5) is 9.11. The third kappa shape index (κ3) is 3.84. The van der Waals surface area contributed by atoms with E-state index in [9.17, 15) is 8.42 Å². The second-order valence-corrected chi connectivity index (χ2v) is 9.74. The second kappa shape index (κ2) is 7.83. The summed E-state index contributed by atoms with van der Waals surface area (Å²) in [6.07, 6.45) is 1.60. The summed E-state index contributed by atoms with van der Waals surface area (Å²) in [5, 5.41) is 4.96. The molecule has 28 heavy (non-hydrogen) atoms. The van der Waals surface area contributed by atoms with E-state index in [1.54, 1.807) is 41.9 Å². The smallest absolute Gasteiger partial charge is 0.239 e. The summed E-state index contributed by atoms with van der Waals surface area (Å²) >= 11 is 2.79. The van der Waals surface area contributed by atoms with Crippen molar-refractivity contribution >= 4 is 37.8 Å². The maximum Gasteiger partial charge on any atom is 0.266 e. The van der Waals surface area contributed by atoms with E-state index < -0.39 is 10.0 Å². The van der Waals surface area contributed by atoms with Crippen LogP contribution >= 0.6 is 22.7 Å². The molecule has 0 radical (unpaired) electrons. The number of aromatic nitrogens is 2. The number of hydrogen-bond donors (Lipinski definition) is 0. The van der Waals surface area contributed by atoms with Crippen molar-refractivity contribution in [1.82, 2.24) is 9.97 Å². The predicted molar refractivity (Wildman–Crippen MR) is 114 cm³/mol. The maximum absolute atomic E-state index is 13.2. The van der Waals surface area contributed by atoms with Crippen LogP contribution in [0, 0.1) is 6.92 Å². The van der Waals surface area contributed by atoms with Crippen molar-refractivity contribution < 1.29 is 8.42 Å². The number of aryl methyl sites for hydroxylation is 1. The Labute approximate surface area is 172 Å². The number of rotatable bonds is 6. The van der Waals surface area contributed by atoms with Gasteiger partial charge in [-0.3, -0.25) is 0 Å². The average Bonchev–Trinajstić information content (AvgIpc) is 3.39. The van der Waals surface area contributed by atoms with Crippen LogP contribution in [0.3, 0.4) is 0 Å². The largest absolute Gasteiger partial charge is 0.266 e. The van der Waals surface area contributed by atoms with E-state index in [-0.39, 0.29) is 11.4 Å². The summed E-state index contributed by atoms with van der Waals surface area (Å²) in [5.41, 5.74) is 2.90. The van der Waals surface area contributed by atoms with Crippen molar-refractivity contribution in [2.75, 3.05) is 4.31 Å². The van der Waals surface area contributed by atoms with Gasteiger partial charge >= 0.3 is 0 Å². The van der Waals surface area contributed by atoms with Gasteiger partial charge in [0.1, 0.15) is 5.01 Å². The summed E-state index contributed by atoms with van der Waals surface area (Å²) < 4.78 is 27.8. The second-order valence-electron chi connectivity index (χ2n) is 6.15. The zero-order valence-electron chi connectivity index (χ0n) is 15.0. The van der Waals surface area contributed by atoms with Crippen molar-refractivity contribution in [3.63, 3.8) is 0 Å². The van der Waals surface area contributed by atoms with Gasteiger partial charge in [0, 0.05) is 22.5 Å². The van der Waals surface area contributed by atoms with Gasteiger partial charge in [-0.25, -0.2) is 22.7 Å². The molecular formula is C20H17N3O2S3. The van der Waals surface area contributed by atoms with Crippen LogP contribution in [-0.2, 0) is 16.6 Å². The van der Waals surface area contributed by atoms with E-state index in [0.29, 0.717) is 10.8 Å².